The molecule has 2 rings (SSSR count). The number of nitrogens with zero attached hydrogens (tertiary/aromatic N) is 1. The molecule has 0 aliphatic carbocycles. The Balaban J connectivity index is 1.91. The number of aromatic amines is 1. The number of carbonyl (C=O) groups excluding carboxylic acids is 1. The van der Waals surface area contributed by atoms with Crippen molar-refractivity contribution in [1.29, 1.82) is 0 Å². The molecule has 0 spiro atoms. The highest BCUT2D eigenvalue weighted by Gasteiger charge is 2.05. The number of rotatable bonds is 4. The van der Waals surface area contributed by atoms with Gasteiger partial charge in [0.1, 0.15) is 5.82 Å². The number of halogens is 1. The highest BCUT2D eigenvalue weighted by atomic mass is 35.5. The molecule has 0 atom stereocenters. The normalized spacial score (nSPS) is 10.2. The first-order valence-corrected chi connectivity index (χ1v) is 6.25. The maximum atomic E-state index is 11.8. The Hall–Kier alpha value is -2.34. The number of amides is 1. The minimum Gasteiger partial charge on any atom is -0.493 e. The van der Waals surface area contributed by atoms with Crippen molar-refractivity contribution in [2.45, 2.75) is 6.42 Å². The lowest BCUT2D eigenvalue weighted by Crippen LogP contribution is -2.26. The third kappa shape index (κ3) is 3.83. The number of hydrogen-bond donors (Lipinski definition) is 3. The molecule has 1 aromatic heterocycles. The summed E-state index contributed by atoms with van der Waals surface area (Å²) < 4.78 is 0. The second-order valence-corrected chi connectivity index (χ2v) is 4.50. The van der Waals surface area contributed by atoms with E-state index < -0.39 is 5.56 Å². The first kappa shape index (κ1) is 14.1. The zero-order valence-corrected chi connectivity index (χ0v) is 11.1. The van der Waals surface area contributed by atoms with Crippen LogP contribution in [0.25, 0.3) is 0 Å². The van der Waals surface area contributed by atoms with Crippen LogP contribution in [0, 0.1) is 0 Å². The number of benzene rings is 1. The van der Waals surface area contributed by atoms with Crippen LogP contribution in [-0.2, 0) is 6.42 Å². The van der Waals surface area contributed by atoms with E-state index in [0.29, 0.717) is 22.8 Å². The number of hydrogen-bond acceptors (Lipinski definition) is 4. The number of aromatic nitrogens is 2. The van der Waals surface area contributed by atoms with Gasteiger partial charge in [0.05, 0.1) is 6.07 Å². The van der Waals surface area contributed by atoms with Gasteiger partial charge in [-0.15, -0.1) is 0 Å². The average molecular weight is 294 g/mol. The number of aromatic hydroxyl groups is 1. The fraction of sp³-hybridized carbons (Fsp3) is 0.154. The van der Waals surface area contributed by atoms with Crippen LogP contribution in [0.1, 0.15) is 16.2 Å². The highest BCUT2D eigenvalue weighted by Crippen LogP contribution is 2.09. The van der Waals surface area contributed by atoms with E-state index in [-0.39, 0.29) is 18.3 Å². The van der Waals surface area contributed by atoms with E-state index in [1.165, 1.54) is 0 Å². The maximum Gasteiger partial charge on any atom is 0.254 e. The summed E-state index contributed by atoms with van der Waals surface area (Å²) in [4.78, 5) is 29.1. The van der Waals surface area contributed by atoms with Gasteiger partial charge >= 0.3 is 0 Å². The topological polar surface area (TPSA) is 95.1 Å². The summed E-state index contributed by atoms with van der Waals surface area (Å²) in [5, 5.41) is 12.4. The molecular formula is C13H12ClN3O3. The largest absolute Gasteiger partial charge is 0.493 e. The summed E-state index contributed by atoms with van der Waals surface area (Å²) in [5.41, 5.74) is 0.0586. The van der Waals surface area contributed by atoms with E-state index in [1.54, 1.807) is 24.3 Å². The van der Waals surface area contributed by atoms with Crippen LogP contribution in [0.15, 0.2) is 35.1 Å². The van der Waals surface area contributed by atoms with E-state index in [4.69, 9.17) is 11.6 Å². The molecule has 3 N–H and O–H groups in total. The van der Waals surface area contributed by atoms with E-state index in [9.17, 15) is 14.7 Å². The van der Waals surface area contributed by atoms with Gasteiger partial charge < -0.3 is 15.4 Å². The molecule has 0 radical (unpaired) electrons. The lowest BCUT2D eigenvalue weighted by molar-refractivity contribution is 0.0954. The third-order valence-electron chi connectivity index (χ3n) is 2.53. The molecule has 0 fully saturated rings. The summed E-state index contributed by atoms with van der Waals surface area (Å²) in [6.45, 7) is 0.286. The first-order valence-electron chi connectivity index (χ1n) is 5.87. The van der Waals surface area contributed by atoms with Gasteiger partial charge in [0.2, 0.25) is 5.88 Å². The van der Waals surface area contributed by atoms with Gasteiger partial charge in [0, 0.05) is 23.6 Å². The fourth-order valence-corrected chi connectivity index (χ4v) is 1.74. The zero-order valence-electron chi connectivity index (χ0n) is 10.4. The Kier molecular flexibility index (Phi) is 4.37. The Morgan fingerprint density at radius 2 is 2.05 bits per heavy atom. The molecule has 1 amide bonds. The van der Waals surface area contributed by atoms with Gasteiger partial charge in [0.25, 0.3) is 11.5 Å². The molecule has 0 aliphatic heterocycles. The molecule has 104 valence electrons. The summed E-state index contributed by atoms with van der Waals surface area (Å²) >= 11 is 5.73. The van der Waals surface area contributed by atoms with Gasteiger partial charge in [-0.1, -0.05) is 11.6 Å². The molecule has 1 aromatic carbocycles. The predicted octanol–water partition coefficient (Wildman–Crippen LogP) is 1.10. The molecule has 0 saturated heterocycles. The van der Waals surface area contributed by atoms with E-state index >= 15 is 0 Å². The van der Waals surface area contributed by atoms with Gasteiger partial charge in [-0.2, -0.15) is 0 Å². The van der Waals surface area contributed by atoms with Crippen LogP contribution in [0.2, 0.25) is 5.02 Å². The molecule has 2 aromatic rings. The number of carbonyl (C=O) groups is 1. The number of nitrogens with one attached hydrogen (secondary N) is 2. The first-order chi connectivity index (χ1) is 9.54. The molecule has 0 saturated carbocycles. The van der Waals surface area contributed by atoms with Gasteiger partial charge in [0.15, 0.2) is 0 Å². The monoisotopic (exact) mass is 293 g/mol. The smallest absolute Gasteiger partial charge is 0.254 e. The molecule has 6 nitrogen and oxygen atoms in total. The minimum absolute atomic E-state index is 0.246. The van der Waals surface area contributed by atoms with Crippen molar-refractivity contribution in [3.63, 3.8) is 0 Å². The summed E-state index contributed by atoms with van der Waals surface area (Å²) in [7, 11) is 0. The van der Waals surface area contributed by atoms with Gasteiger partial charge in [-0.25, -0.2) is 4.98 Å². The Morgan fingerprint density at radius 1 is 1.35 bits per heavy atom. The van der Waals surface area contributed by atoms with Crippen LogP contribution >= 0.6 is 11.6 Å². The molecular weight excluding hydrogens is 282 g/mol. The lowest BCUT2D eigenvalue weighted by atomic mass is 10.2. The van der Waals surface area contributed by atoms with Crippen molar-refractivity contribution < 1.29 is 9.90 Å². The van der Waals surface area contributed by atoms with E-state index in [2.05, 4.69) is 15.3 Å². The molecule has 20 heavy (non-hydrogen) atoms. The summed E-state index contributed by atoms with van der Waals surface area (Å²) in [6, 6.07) is 7.48. The quantitative estimate of drug-likeness (QED) is 0.787. The maximum absolute atomic E-state index is 11.8. The molecule has 0 bridgehead atoms. The Morgan fingerprint density at radius 3 is 2.70 bits per heavy atom. The van der Waals surface area contributed by atoms with Crippen LogP contribution in [0.4, 0.5) is 0 Å². The van der Waals surface area contributed by atoms with Crippen LogP contribution in [-0.4, -0.2) is 27.5 Å². The van der Waals surface area contributed by atoms with Crippen LogP contribution in [0.5, 0.6) is 5.88 Å². The van der Waals surface area contributed by atoms with Crippen LogP contribution in [0.3, 0.4) is 0 Å². The van der Waals surface area contributed by atoms with Gasteiger partial charge in [-0.3, -0.25) is 9.59 Å². The molecule has 0 unspecified atom stereocenters. The van der Waals surface area contributed by atoms with Crippen molar-refractivity contribution in [2.24, 2.45) is 0 Å². The van der Waals surface area contributed by atoms with Crippen molar-refractivity contribution in [1.82, 2.24) is 15.3 Å². The highest BCUT2D eigenvalue weighted by molar-refractivity contribution is 6.30. The molecule has 1 heterocycles. The van der Waals surface area contributed by atoms with Crippen molar-refractivity contribution in [2.75, 3.05) is 6.54 Å². The number of H-pyrrole nitrogens is 1. The van der Waals surface area contributed by atoms with Crippen molar-refractivity contribution in [3.05, 3.63) is 57.1 Å². The SMILES string of the molecule is O=C(NCCc1nc(O)cc(=O)[nH]1)c1ccc(Cl)cc1. The van der Waals surface area contributed by atoms with E-state index in [1.807, 2.05) is 0 Å². The fourth-order valence-electron chi connectivity index (χ4n) is 1.61. The van der Waals surface area contributed by atoms with Crippen molar-refractivity contribution >= 4 is 17.5 Å². The van der Waals surface area contributed by atoms with Gasteiger partial charge in [-0.05, 0) is 24.3 Å². The Bertz CT molecular complexity index is 667. The summed E-state index contributed by atoms with van der Waals surface area (Å²) in [5.74, 6) is -0.275. The van der Waals surface area contributed by atoms with E-state index in [0.717, 1.165) is 6.07 Å². The second-order valence-electron chi connectivity index (χ2n) is 4.06. The second kappa shape index (κ2) is 6.21. The standard InChI is InChI=1S/C13H12ClN3O3/c14-9-3-1-8(2-4-9)13(20)15-6-5-10-16-11(18)7-12(19)17-10/h1-4,7H,5-6H2,(H,15,20)(H2,16,17,18,19). The third-order valence-corrected chi connectivity index (χ3v) is 2.78. The molecule has 7 heteroatoms. The molecule has 0 aliphatic rings. The summed E-state index contributed by atoms with van der Waals surface area (Å²) in [6.07, 6.45) is 0.309. The minimum atomic E-state index is -0.434. The predicted molar refractivity (Wildman–Crippen MR) is 74.0 cm³/mol. The Labute approximate surface area is 119 Å². The van der Waals surface area contributed by atoms with Crippen molar-refractivity contribution in [3.8, 4) is 5.88 Å². The average Bonchev–Trinajstić information content (AvgIpc) is 2.38. The van der Waals surface area contributed by atoms with Crippen LogP contribution < -0.4 is 10.9 Å². The zero-order chi connectivity index (χ0) is 14.5. The lowest BCUT2D eigenvalue weighted by Gasteiger charge is -2.05.